The van der Waals surface area contributed by atoms with Gasteiger partial charge in [-0.1, -0.05) is 30.3 Å². The second kappa shape index (κ2) is 9.04. The van der Waals surface area contributed by atoms with Crippen molar-refractivity contribution in [3.05, 3.63) is 35.9 Å². The zero-order chi connectivity index (χ0) is 16.1. The quantitative estimate of drug-likeness (QED) is 0.417. The summed E-state index contributed by atoms with van der Waals surface area (Å²) in [6.07, 6.45) is 3.66. The zero-order valence-electron chi connectivity index (χ0n) is 14.8. The van der Waals surface area contributed by atoms with E-state index in [4.69, 9.17) is 9.73 Å². The fourth-order valence-corrected chi connectivity index (χ4v) is 3.38. The molecule has 0 radical (unpaired) electrons. The highest BCUT2D eigenvalue weighted by Gasteiger charge is 2.44. The van der Waals surface area contributed by atoms with E-state index in [0.29, 0.717) is 5.92 Å². The molecule has 1 aromatic rings. The third kappa shape index (κ3) is 4.85. The number of nitrogens with one attached hydrogen (secondary N) is 1. The van der Waals surface area contributed by atoms with Crippen molar-refractivity contribution in [2.24, 2.45) is 10.9 Å². The lowest BCUT2D eigenvalue weighted by Crippen LogP contribution is -2.42. The van der Waals surface area contributed by atoms with Gasteiger partial charge in [0.15, 0.2) is 5.96 Å². The van der Waals surface area contributed by atoms with Crippen LogP contribution in [0.2, 0.25) is 0 Å². The van der Waals surface area contributed by atoms with Crippen molar-refractivity contribution in [1.29, 1.82) is 0 Å². The van der Waals surface area contributed by atoms with E-state index in [-0.39, 0.29) is 29.4 Å². The van der Waals surface area contributed by atoms with Crippen LogP contribution in [-0.2, 0) is 10.2 Å². The molecule has 2 aliphatic rings. The Labute approximate surface area is 163 Å². The van der Waals surface area contributed by atoms with Crippen LogP contribution in [0, 0.1) is 5.92 Å². The van der Waals surface area contributed by atoms with Crippen LogP contribution in [-0.4, -0.2) is 50.8 Å². The van der Waals surface area contributed by atoms with Crippen LogP contribution in [0.3, 0.4) is 0 Å². The van der Waals surface area contributed by atoms with Crippen molar-refractivity contribution in [1.82, 2.24) is 10.2 Å². The van der Waals surface area contributed by atoms with E-state index < -0.39 is 0 Å². The van der Waals surface area contributed by atoms with Gasteiger partial charge in [-0.05, 0) is 31.7 Å². The van der Waals surface area contributed by atoms with Crippen molar-refractivity contribution in [3.8, 4) is 0 Å². The zero-order valence-corrected chi connectivity index (χ0v) is 17.2. The molecule has 0 bridgehead atoms. The molecule has 1 unspecified atom stereocenters. The molecule has 1 saturated heterocycles. The van der Waals surface area contributed by atoms with Gasteiger partial charge < -0.3 is 15.0 Å². The average Bonchev–Trinajstić information content (AvgIpc) is 3.20. The molecule has 1 saturated carbocycles. The summed E-state index contributed by atoms with van der Waals surface area (Å²) in [5, 5.41) is 3.44. The Morgan fingerprint density at radius 3 is 2.67 bits per heavy atom. The van der Waals surface area contributed by atoms with E-state index in [1.54, 1.807) is 0 Å². The Hall–Kier alpha value is -0.820. The number of aliphatic imine (C=N–C) groups is 1. The Morgan fingerprint density at radius 1 is 1.33 bits per heavy atom. The van der Waals surface area contributed by atoms with Crippen molar-refractivity contribution in [2.75, 3.05) is 39.9 Å². The first kappa shape index (κ1) is 19.5. The van der Waals surface area contributed by atoms with Gasteiger partial charge in [-0.3, -0.25) is 4.99 Å². The smallest absolute Gasteiger partial charge is 0.193 e. The summed E-state index contributed by atoms with van der Waals surface area (Å²) in [5.41, 5.74) is 1.71. The molecule has 24 heavy (non-hydrogen) atoms. The highest BCUT2D eigenvalue weighted by atomic mass is 127. The van der Waals surface area contributed by atoms with Crippen molar-refractivity contribution in [2.45, 2.75) is 31.6 Å². The number of guanidine groups is 1. The molecule has 1 N–H and O–H groups in total. The maximum absolute atomic E-state index is 5.49. The first-order valence-corrected chi connectivity index (χ1v) is 8.86. The Balaban J connectivity index is 0.00000208. The molecule has 3 rings (SSSR count). The highest BCUT2D eigenvalue weighted by Crippen LogP contribution is 2.48. The number of halogens is 1. The van der Waals surface area contributed by atoms with Crippen LogP contribution in [0.1, 0.15) is 31.7 Å². The van der Waals surface area contributed by atoms with Crippen LogP contribution in [0.5, 0.6) is 0 Å². The third-order valence-corrected chi connectivity index (χ3v) is 5.02. The maximum Gasteiger partial charge on any atom is 0.193 e. The molecular weight excluding hydrogens is 413 g/mol. The molecule has 1 aliphatic heterocycles. The summed E-state index contributed by atoms with van der Waals surface area (Å²) in [7, 11) is 2.14. The number of nitrogens with zero attached hydrogens (tertiary/aromatic N) is 2. The number of rotatable bonds is 6. The molecule has 2 fully saturated rings. The van der Waals surface area contributed by atoms with Gasteiger partial charge in [0.25, 0.3) is 0 Å². The lowest BCUT2D eigenvalue weighted by Gasteiger charge is -2.25. The minimum atomic E-state index is 0. The first-order valence-electron chi connectivity index (χ1n) is 8.86. The number of hydrogen-bond acceptors (Lipinski definition) is 2. The fraction of sp³-hybridized carbons (Fsp3) is 0.632. The minimum absolute atomic E-state index is 0. The van der Waals surface area contributed by atoms with Crippen molar-refractivity contribution < 1.29 is 4.74 Å². The molecule has 1 heterocycles. The van der Waals surface area contributed by atoms with Gasteiger partial charge in [-0.2, -0.15) is 0 Å². The molecule has 0 amide bonds. The van der Waals surface area contributed by atoms with E-state index in [0.717, 1.165) is 45.2 Å². The van der Waals surface area contributed by atoms with Gasteiger partial charge in [0.05, 0.1) is 13.2 Å². The number of hydrogen-bond donors (Lipinski definition) is 1. The summed E-state index contributed by atoms with van der Waals surface area (Å²) in [4.78, 5) is 7.22. The minimum Gasteiger partial charge on any atom is -0.381 e. The molecule has 1 aliphatic carbocycles. The van der Waals surface area contributed by atoms with Crippen LogP contribution >= 0.6 is 24.0 Å². The van der Waals surface area contributed by atoms with Gasteiger partial charge in [0.2, 0.25) is 0 Å². The monoisotopic (exact) mass is 443 g/mol. The molecule has 0 aromatic heterocycles. The Kier molecular flexibility index (Phi) is 7.34. The summed E-state index contributed by atoms with van der Waals surface area (Å²) < 4.78 is 5.49. The van der Waals surface area contributed by atoms with Gasteiger partial charge in [0, 0.05) is 38.1 Å². The number of benzene rings is 1. The Bertz CT molecular complexity index is 525. The topological polar surface area (TPSA) is 36.9 Å². The van der Waals surface area contributed by atoms with Gasteiger partial charge in [-0.25, -0.2) is 0 Å². The second-order valence-electron chi connectivity index (χ2n) is 6.93. The molecule has 5 heteroatoms. The molecule has 1 atom stereocenters. The van der Waals surface area contributed by atoms with Gasteiger partial charge in [-0.15, -0.1) is 24.0 Å². The molecular formula is C19H30IN3O. The summed E-state index contributed by atoms with van der Waals surface area (Å²) >= 11 is 0. The normalized spacial score (nSPS) is 21.9. The SMILES string of the molecule is CCNC(=NCC1(c2ccccc2)CC1)N(C)CC1CCOC1.I. The predicted molar refractivity (Wildman–Crippen MR) is 110 cm³/mol. The standard InChI is InChI=1S/C19H29N3O.HI/c1-3-20-18(22(2)13-16-9-12-23-14-16)21-15-19(10-11-19)17-7-5-4-6-8-17;/h4-8,16H,3,9-15H2,1-2H3,(H,20,21);1H. The van der Waals surface area contributed by atoms with Gasteiger partial charge in [0.1, 0.15) is 0 Å². The van der Waals surface area contributed by atoms with E-state index in [2.05, 4.69) is 54.5 Å². The maximum atomic E-state index is 5.49. The molecule has 4 nitrogen and oxygen atoms in total. The first-order chi connectivity index (χ1) is 11.2. The average molecular weight is 443 g/mol. The lowest BCUT2D eigenvalue weighted by molar-refractivity contribution is 0.181. The highest BCUT2D eigenvalue weighted by molar-refractivity contribution is 14.0. The summed E-state index contributed by atoms with van der Waals surface area (Å²) in [6.45, 7) is 6.73. The Morgan fingerprint density at radius 2 is 2.08 bits per heavy atom. The van der Waals surface area contributed by atoms with E-state index in [9.17, 15) is 0 Å². The fourth-order valence-electron chi connectivity index (χ4n) is 3.38. The van der Waals surface area contributed by atoms with E-state index >= 15 is 0 Å². The van der Waals surface area contributed by atoms with Crippen LogP contribution < -0.4 is 5.32 Å². The number of ether oxygens (including phenoxy) is 1. The molecule has 0 spiro atoms. The van der Waals surface area contributed by atoms with E-state index in [1.807, 2.05) is 0 Å². The predicted octanol–water partition coefficient (Wildman–Crippen LogP) is 3.27. The van der Waals surface area contributed by atoms with Crippen LogP contribution in [0.15, 0.2) is 35.3 Å². The van der Waals surface area contributed by atoms with Crippen molar-refractivity contribution >= 4 is 29.9 Å². The molecule has 1 aromatic carbocycles. The second-order valence-corrected chi connectivity index (χ2v) is 6.93. The van der Waals surface area contributed by atoms with Crippen molar-refractivity contribution in [3.63, 3.8) is 0 Å². The molecule has 134 valence electrons. The van der Waals surface area contributed by atoms with E-state index in [1.165, 1.54) is 18.4 Å². The van der Waals surface area contributed by atoms with Crippen LogP contribution in [0.25, 0.3) is 0 Å². The van der Waals surface area contributed by atoms with Gasteiger partial charge >= 0.3 is 0 Å². The summed E-state index contributed by atoms with van der Waals surface area (Å²) in [6, 6.07) is 10.8. The lowest BCUT2D eigenvalue weighted by atomic mass is 9.96. The third-order valence-electron chi connectivity index (χ3n) is 5.02. The largest absolute Gasteiger partial charge is 0.381 e. The summed E-state index contributed by atoms with van der Waals surface area (Å²) in [5.74, 6) is 1.66. The van der Waals surface area contributed by atoms with Crippen LogP contribution in [0.4, 0.5) is 0 Å².